The first-order valence-corrected chi connectivity index (χ1v) is 8.41. The van der Waals surface area contributed by atoms with E-state index in [9.17, 15) is 18.9 Å². The van der Waals surface area contributed by atoms with E-state index in [-0.39, 0.29) is 11.4 Å². The molecule has 0 saturated carbocycles. The van der Waals surface area contributed by atoms with Crippen LogP contribution in [0, 0.1) is 21.7 Å². The van der Waals surface area contributed by atoms with Crippen molar-refractivity contribution < 1.29 is 13.7 Å². The van der Waals surface area contributed by atoms with Crippen LogP contribution in [0.15, 0.2) is 65.5 Å². The summed E-state index contributed by atoms with van der Waals surface area (Å²) in [6.45, 7) is 4.13. The van der Waals surface area contributed by atoms with Crippen molar-refractivity contribution in [3.8, 4) is 11.3 Å². The number of nitrogens with zero attached hydrogens (tertiary/aromatic N) is 3. The molecule has 0 fully saturated rings. The van der Waals surface area contributed by atoms with E-state index >= 15 is 0 Å². The first-order chi connectivity index (χ1) is 12.5. The summed E-state index contributed by atoms with van der Waals surface area (Å²) in [6, 6.07) is 9.31. The Balaban J connectivity index is 2.10. The maximum atomic E-state index is 13.9. The second kappa shape index (κ2) is 7.40. The highest BCUT2D eigenvalue weighted by atomic mass is 32.1. The Hall–Kier alpha value is -3.13. The molecular formula is C18H13F2N3O2S. The molecule has 0 N–H and O–H groups in total. The van der Waals surface area contributed by atoms with E-state index < -0.39 is 16.6 Å². The maximum absolute atomic E-state index is 13.9. The predicted molar refractivity (Wildman–Crippen MR) is 96.2 cm³/mol. The SMILES string of the molecule is C=CCn1c(-c2ccc([N+](=O)[O-])cc2)csc1=Nc1ccc(F)cc1F. The van der Waals surface area contributed by atoms with Crippen LogP contribution < -0.4 is 4.80 Å². The van der Waals surface area contributed by atoms with Crippen LogP contribution in [0.5, 0.6) is 0 Å². The summed E-state index contributed by atoms with van der Waals surface area (Å²) >= 11 is 1.28. The van der Waals surface area contributed by atoms with E-state index in [1.807, 2.05) is 9.95 Å². The zero-order chi connectivity index (χ0) is 18.7. The van der Waals surface area contributed by atoms with E-state index in [0.717, 1.165) is 23.4 Å². The zero-order valence-electron chi connectivity index (χ0n) is 13.4. The van der Waals surface area contributed by atoms with Crippen LogP contribution in [0.25, 0.3) is 11.3 Å². The molecule has 0 spiro atoms. The summed E-state index contributed by atoms with van der Waals surface area (Å²) in [7, 11) is 0. The van der Waals surface area contributed by atoms with Crippen molar-refractivity contribution in [2.45, 2.75) is 6.54 Å². The molecule has 0 amide bonds. The number of nitro benzene ring substituents is 1. The molecule has 3 rings (SSSR count). The number of benzene rings is 2. The van der Waals surface area contributed by atoms with E-state index in [2.05, 4.69) is 11.6 Å². The Morgan fingerprint density at radius 2 is 1.96 bits per heavy atom. The fraction of sp³-hybridized carbons (Fsp3) is 0.0556. The van der Waals surface area contributed by atoms with Gasteiger partial charge >= 0.3 is 0 Å². The molecule has 0 unspecified atom stereocenters. The molecule has 0 radical (unpaired) electrons. The van der Waals surface area contributed by atoms with Gasteiger partial charge in [-0.05, 0) is 29.8 Å². The Bertz CT molecular complexity index is 1040. The lowest BCUT2D eigenvalue weighted by atomic mass is 10.1. The predicted octanol–water partition coefficient (Wildman–Crippen LogP) is 4.82. The molecule has 2 aromatic carbocycles. The highest BCUT2D eigenvalue weighted by Gasteiger charge is 2.11. The van der Waals surface area contributed by atoms with E-state index in [1.54, 1.807) is 18.2 Å². The van der Waals surface area contributed by atoms with Gasteiger partial charge in [0.25, 0.3) is 5.69 Å². The molecule has 0 aliphatic heterocycles. The number of allylic oxidation sites excluding steroid dienone is 1. The summed E-state index contributed by atoms with van der Waals surface area (Å²) < 4.78 is 28.7. The number of non-ortho nitro benzene ring substituents is 1. The van der Waals surface area contributed by atoms with E-state index in [1.165, 1.54) is 29.5 Å². The third-order valence-corrected chi connectivity index (χ3v) is 4.47. The van der Waals surface area contributed by atoms with Crippen molar-refractivity contribution in [3.05, 3.63) is 87.0 Å². The Labute approximate surface area is 151 Å². The summed E-state index contributed by atoms with van der Waals surface area (Å²) in [5, 5.41) is 12.6. The third kappa shape index (κ3) is 3.60. The lowest BCUT2D eigenvalue weighted by molar-refractivity contribution is -0.384. The van der Waals surface area contributed by atoms with Gasteiger partial charge in [0.2, 0.25) is 0 Å². The van der Waals surface area contributed by atoms with Gasteiger partial charge in [-0.15, -0.1) is 17.9 Å². The highest BCUT2D eigenvalue weighted by Crippen LogP contribution is 2.24. The maximum Gasteiger partial charge on any atom is 0.269 e. The monoisotopic (exact) mass is 373 g/mol. The smallest absolute Gasteiger partial charge is 0.269 e. The van der Waals surface area contributed by atoms with Crippen molar-refractivity contribution >= 4 is 22.7 Å². The average Bonchev–Trinajstić information content (AvgIpc) is 3.00. The molecule has 0 saturated heterocycles. The van der Waals surface area contributed by atoms with Crippen molar-refractivity contribution in [2.24, 2.45) is 4.99 Å². The highest BCUT2D eigenvalue weighted by molar-refractivity contribution is 7.07. The van der Waals surface area contributed by atoms with Crippen molar-refractivity contribution in [1.82, 2.24) is 4.57 Å². The largest absolute Gasteiger partial charge is 0.313 e. The summed E-state index contributed by atoms with van der Waals surface area (Å²) in [5.41, 5.74) is 1.56. The molecule has 8 heteroatoms. The summed E-state index contributed by atoms with van der Waals surface area (Å²) in [4.78, 5) is 15.1. The molecule has 0 atom stereocenters. The van der Waals surface area contributed by atoms with E-state index in [4.69, 9.17) is 0 Å². The van der Waals surface area contributed by atoms with Gasteiger partial charge in [-0.2, -0.15) is 0 Å². The van der Waals surface area contributed by atoms with Crippen molar-refractivity contribution in [2.75, 3.05) is 0 Å². The number of aromatic nitrogens is 1. The molecule has 26 heavy (non-hydrogen) atoms. The third-order valence-electron chi connectivity index (χ3n) is 3.61. The van der Waals surface area contributed by atoms with Gasteiger partial charge in [0.15, 0.2) is 10.6 Å². The number of rotatable bonds is 5. The second-order valence-corrected chi connectivity index (χ2v) is 6.15. The topological polar surface area (TPSA) is 60.4 Å². The lowest BCUT2D eigenvalue weighted by Crippen LogP contribution is -2.15. The second-order valence-electron chi connectivity index (χ2n) is 5.31. The van der Waals surface area contributed by atoms with Crippen LogP contribution in [0.1, 0.15) is 0 Å². The van der Waals surface area contributed by atoms with Crippen LogP contribution in [0.2, 0.25) is 0 Å². The van der Waals surface area contributed by atoms with Gasteiger partial charge in [-0.25, -0.2) is 13.8 Å². The van der Waals surface area contributed by atoms with Gasteiger partial charge < -0.3 is 4.57 Å². The molecule has 0 bridgehead atoms. The molecular weight excluding hydrogens is 360 g/mol. The van der Waals surface area contributed by atoms with Gasteiger partial charge in [0.05, 0.1) is 10.6 Å². The molecule has 1 aromatic heterocycles. The minimum Gasteiger partial charge on any atom is -0.313 e. The molecule has 5 nitrogen and oxygen atoms in total. The van der Waals surface area contributed by atoms with Gasteiger partial charge in [0.1, 0.15) is 11.5 Å². The molecule has 0 aliphatic rings. The molecule has 1 heterocycles. The average molecular weight is 373 g/mol. The minimum atomic E-state index is -0.750. The van der Waals surface area contributed by atoms with Crippen molar-refractivity contribution in [3.63, 3.8) is 0 Å². The lowest BCUT2D eigenvalue weighted by Gasteiger charge is -2.06. The first kappa shape index (κ1) is 17.7. The molecule has 0 aliphatic carbocycles. The fourth-order valence-corrected chi connectivity index (χ4v) is 3.32. The minimum absolute atomic E-state index is 0.00227. The summed E-state index contributed by atoms with van der Waals surface area (Å²) in [6.07, 6.45) is 1.67. The van der Waals surface area contributed by atoms with Crippen LogP contribution in [-0.4, -0.2) is 9.49 Å². The number of nitro groups is 1. The van der Waals surface area contributed by atoms with Gasteiger partial charge in [0, 0.05) is 30.1 Å². The van der Waals surface area contributed by atoms with Crippen molar-refractivity contribution in [1.29, 1.82) is 0 Å². The fourth-order valence-electron chi connectivity index (χ4n) is 2.38. The first-order valence-electron chi connectivity index (χ1n) is 7.53. The number of hydrogen-bond acceptors (Lipinski definition) is 4. The van der Waals surface area contributed by atoms with Crippen LogP contribution in [-0.2, 0) is 6.54 Å². The Morgan fingerprint density at radius 1 is 1.23 bits per heavy atom. The number of hydrogen-bond donors (Lipinski definition) is 0. The van der Waals surface area contributed by atoms with E-state index in [0.29, 0.717) is 11.3 Å². The van der Waals surface area contributed by atoms with Gasteiger partial charge in [-0.3, -0.25) is 10.1 Å². The van der Waals surface area contributed by atoms with Crippen LogP contribution in [0.3, 0.4) is 0 Å². The van der Waals surface area contributed by atoms with Gasteiger partial charge in [-0.1, -0.05) is 6.08 Å². The zero-order valence-corrected chi connectivity index (χ0v) is 14.2. The standard InChI is InChI=1S/C18H13F2N3O2S/c1-2-9-22-17(12-3-6-14(7-4-12)23(24)25)11-26-18(22)21-16-8-5-13(19)10-15(16)20/h2-8,10-11H,1,9H2. The normalized spacial score (nSPS) is 11.5. The quantitative estimate of drug-likeness (QED) is 0.366. The number of halogens is 2. The number of thiazole rings is 1. The Kier molecular flexibility index (Phi) is 5.04. The molecule has 132 valence electrons. The summed E-state index contributed by atoms with van der Waals surface area (Å²) in [5.74, 6) is -1.42. The molecule has 3 aromatic rings. The van der Waals surface area contributed by atoms with Crippen LogP contribution in [0.4, 0.5) is 20.2 Å². The van der Waals surface area contributed by atoms with Crippen LogP contribution >= 0.6 is 11.3 Å². The Morgan fingerprint density at radius 3 is 2.58 bits per heavy atom.